The highest BCUT2D eigenvalue weighted by Crippen LogP contribution is 2.24. The van der Waals surface area contributed by atoms with Gasteiger partial charge in [-0.1, -0.05) is 19.9 Å². The van der Waals surface area contributed by atoms with Crippen LogP contribution in [0.15, 0.2) is 24.3 Å². The summed E-state index contributed by atoms with van der Waals surface area (Å²) in [6.07, 6.45) is 1.82. The fourth-order valence-electron chi connectivity index (χ4n) is 3.58. The molecule has 6 heteroatoms. The summed E-state index contributed by atoms with van der Waals surface area (Å²) < 4.78 is 16.0. The first-order valence-electron chi connectivity index (χ1n) is 9.78. The first kappa shape index (κ1) is 19.4. The third-order valence-corrected chi connectivity index (χ3v) is 5.12. The van der Waals surface area contributed by atoms with Crippen LogP contribution in [0.25, 0.3) is 0 Å². The standard InChI is InChI=1S/C21H29FN4O/c1-5-26-20(12-18(24-26)14(2)3)21(27)23-16-7-6-10-25(13-16)19-11-15(4)8-9-17(19)22/h8-9,11-12,14,16H,5-7,10,13H2,1-4H3,(H,23,27). The summed E-state index contributed by atoms with van der Waals surface area (Å²) in [6, 6.07) is 7.04. The van der Waals surface area contributed by atoms with Gasteiger partial charge in [-0.25, -0.2) is 4.39 Å². The Morgan fingerprint density at radius 2 is 2.15 bits per heavy atom. The van der Waals surface area contributed by atoms with Gasteiger partial charge in [-0.2, -0.15) is 5.10 Å². The van der Waals surface area contributed by atoms with E-state index in [1.54, 1.807) is 10.7 Å². The number of benzene rings is 1. The zero-order valence-corrected chi connectivity index (χ0v) is 16.6. The van der Waals surface area contributed by atoms with Gasteiger partial charge in [0.15, 0.2) is 0 Å². The lowest BCUT2D eigenvalue weighted by molar-refractivity contribution is 0.0922. The third-order valence-electron chi connectivity index (χ3n) is 5.12. The highest BCUT2D eigenvalue weighted by molar-refractivity contribution is 5.93. The van der Waals surface area contributed by atoms with Crippen molar-refractivity contribution in [3.8, 4) is 0 Å². The van der Waals surface area contributed by atoms with Crippen molar-refractivity contribution in [1.82, 2.24) is 15.1 Å². The molecule has 5 nitrogen and oxygen atoms in total. The molecule has 1 aliphatic rings. The molecule has 27 heavy (non-hydrogen) atoms. The van der Waals surface area contributed by atoms with E-state index >= 15 is 0 Å². The van der Waals surface area contributed by atoms with Crippen LogP contribution in [0, 0.1) is 12.7 Å². The van der Waals surface area contributed by atoms with E-state index in [0.717, 1.165) is 30.6 Å². The molecule has 0 bridgehead atoms. The second-order valence-corrected chi connectivity index (χ2v) is 7.64. The number of hydrogen-bond donors (Lipinski definition) is 1. The molecule has 1 aliphatic heterocycles. The van der Waals surface area contributed by atoms with Crippen LogP contribution in [-0.2, 0) is 6.54 Å². The molecule has 1 aromatic carbocycles. The van der Waals surface area contributed by atoms with Gasteiger partial charge >= 0.3 is 0 Å². The van der Waals surface area contributed by atoms with Crippen molar-refractivity contribution in [3.63, 3.8) is 0 Å². The van der Waals surface area contributed by atoms with Crippen molar-refractivity contribution < 1.29 is 9.18 Å². The lowest BCUT2D eigenvalue weighted by Crippen LogP contribution is -2.48. The van der Waals surface area contributed by atoms with Crippen molar-refractivity contribution >= 4 is 11.6 Å². The summed E-state index contributed by atoms with van der Waals surface area (Å²) in [5.41, 5.74) is 3.18. The number of nitrogens with one attached hydrogen (secondary N) is 1. The Labute approximate surface area is 160 Å². The molecule has 0 radical (unpaired) electrons. The molecule has 0 aliphatic carbocycles. The Balaban J connectivity index is 1.72. The maximum Gasteiger partial charge on any atom is 0.269 e. The SMILES string of the molecule is CCn1nc(C(C)C)cc1C(=O)NC1CCCN(c2cc(C)ccc2F)C1. The van der Waals surface area contributed by atoms with Crippen molar-refractivity contribution in [2.45, 2.75) is 59.0 Å². The normalized spacial score (nSPS) is 17.4. The molecule has 2 aromatic rings. The summed E-state index contributed by atoms with van der Waals surface area (Å²) in [5.74, 6) is -0.0372. The van der Waals surface area contributed by atoms with Gasteiger partial charge in [0, 0.05) is 25.7 Å². The Kier molecular flexibility index (Phi) is 5.82. The van der Waals surface area contributed by atoms with E-state index in [-0.39, 0.29) is 23.7 Å². The molecule has 1 unspecified atom stereocenters. The van der Waals surface area contributed by atoms with Crippen molar-refractivity contribution in [1.29, 1.82) is 0 Å². The van der Waals surface area contributed by atoms with E-state index in [2.05, 4.69) is 24.3 Å². The van der Waals surface area contributed by atoms with Crippen LogP contribution in [0.1, 0.15) is 61.3 Å². The number of amides is 1. The van der Waals surface area contributed by atoms with Gasteiger partial charge in [-0.05, 0) is 56.4 Å². The van der Waals surface area contributed by atoms with E-state index in [0.29, 0.717) is 24.5 Å². The fourth-order valence-corrected chi connectivity index (χ4v) is 3.58. The van der Waals surface area contributed by atoms with Crippen LogP contribution in [0.5, 0.6) is 0 Å². The summed E-state index contributed by atoms with van der Waals surface area (Å²) in [6.45, 7) is 10.2. The molecular weight excluding hydrogens is 343 g/mol. The minimum absolute atomic E-state index is 0.00568. The minimum Gasteiger partial charge on any atom is -0.367 e. The smallest absolute Gasteiger partial charge is 0.269 e. The molecule has 1 saturated heterocycles. The monoisotopic (exact) mass is 372 g/mol. The van der Waals surface area contributed by atoms with Crippen molar-refractivity contribution in [2.75, 3.05) is 18.0 Å². The largest absolute Gasteiger partial charge is 0.367 e. The van der Waals surface area contributed by atoms with Gasteiger partial charge in [0.2, 0.25) is 0 Å². The molecule has 1 N–H and O–H groups in total. The summed E-state index contributed by atoms with van der Waals surface area (Å²) >= 11 is 0. The van der Waals surface area contributed by atoms with Gasteiger partial charge < -0.3 is 10.2 Å². The third kappa shape index (κ3) is 4.31. The number of hydrogen-bond acceptors (Lipinski definition) is 3. The number of piperidine rings is 1. The van der Waals surface area contributed by atoms with E-state index in [1.807, 2.05) is 30.9 Å². The topological polar surface area (TPSA) is 50.2 Å². The molecule has 0 saturated carbocycles. The van der Waals surface area contributed by atoms with E-state index in [1.165, 1.54) is 6.07 Å². The molecule has 1 fully saturated rings. The lowest BCUT2D eigenvalue weighted by Gasteiger charge is -2.35. The molecule has 1 atom stereocenters. The predicted octanol–water partition coefficient (Wildman–Crippen LogP) is 3.87. The number of aromatic nitrogens is 2. The van der Waals surface area contributed by atoms with Crippen LogP contribution in [0.3, 0.4) is 0 Å². The van der Waals surface area contributed by atoms with Crippen LogP contribution in [0.2, 0.25) is 0 Å². The van der Waals surface area contributed by atoms with Crippen LogP contribution >= 0.6 is 0 Å². The molecule has 146 valence electrons. The number of carbonyl (C=O) groups excluding carboxylic acids is 1. The van der Waals surface area contributed by atoms with Gasteiger partial charge in [0.1, 0.15) is 11.5 Å². The van der Waals surface area contributed by atoms with Crippen molar-refractivity contribution in [3.05, 3.63) is 47.0 Å². The number of carbonyl (C=O) groups is 1. The molecule has 1 amide bonds. The quantitative estimate of drug-likeness (QED) is 0.867. The zero-order valence-electron chi connectivity index (χ0n) is 16.6. The highest BCUT2D eigenvalue weighted by Gasteiger charge is 2.25. The number of rotatable bonds is 5. The summed E-state index contributed by atoms with van der Waals surface area (Å²) in [5, 5.41) is 7.65. The minimum atomic E-state index is -0.210. The average Bonchev–Trinajstić information content (AvgIpc) is 3.09. The summed E-state index contributed by atoms with van der Waals surface area (Å²) in [4.78, 5) is 14.9. The lowest BCUT2D eigenvalue weighted by atomic mass is 10.0. The molecule has 0 spiro atoms. The number of aryl methyl sites for hydroxylation is 2. The Morgan fingerprint density at radius 1 is 1.37 bits per heavy atom. The Morgan fingerprint density at radius 3 is 2.85 bits per heavy atom. The van der Waals surface area contributed by atoms with E-state index in [9.17, 15) is 9.18 Å². The fraction of sp³-hybridized carbons (Fsp3) is 0.524. The number of halogens is 1. The second kappa shape index (κ2) is 8.11. The summed E-state index contributed by atoms with van der Waals surface area (Å²) in [7, 11) is 0. The maximum atomic E-state index is 14.2. The van der Waals surface area contributed by atoms with Gasteiger partial charge in [0.05, 0.1) is 11.4 Å². The van der Waals surface area contributed by atoms with Gasteiger partial charge in [-0.3, -0.25) is 9.48 Å². The zero-order chi connectivity index (χ0) is 19.6. The maximum absolute atomic E-state index is 14.2. The number of anilines is 1. The first-order valence-corrected chi connectivity index (χ1v) is 9.78. The number of nitrogens with zero attached hydrogens (tertiary/aromatic N) is 3. The van der Waals surface area contributed by atoms with Crippen LogP contribution in [0.4, 0.5) is 10.1 Å². The Hall–Kier alpha value is -2.37. The molecule has 2 heterocycles. The molecule has 1 aromatic heterocycles. The average molecular weight is 372 g/mol. The van der Waals surface area contributed by atoms with Crippen LogP contribution in [-0.4, -0.2) is 34.8 Å². The van der Waals surface area contributed by atoms with Gasteiger partial charge in [-0.15, -0.1) is 0 Å². The van der Waals surface area contributed by atoms with E-state index < -0.39 is 0 Å². The van der Waals surface area contributed by atoms with Gasteiger partial charge in [0.25, 0.3) is 5.91 Å². The second-order valence-electron chi connectivity index (χ2n) is 7.64. The molecular formula is C21H29FN4O. The predicted molar refractivity (Wildman–Crippen MR) is 106 cm³/mol. The highest BCUT2D eigenvalue weighted by atomic mass is 19.1. The van der Waals surface area contributed by atoms with Crippen molar-refractivity contribution in [2.24, 2.45) is 0 Å². The molecule has 3 rings (SSSR count). The first-order chi connectivity index (χ1) is 12.9. The Bertz CT molecular complexity index is 815. The van der Waals surface area contributed by atoms with Crippen LogP contribution < -0.4 is 10.2 Å². The van der Waals surface area contributed by atoms with E-state index in [4.69, 9.17) is 0 Å².